The fourth-order valence-corrected chi connectivity index (χ4v) is 8.46. The lowest BCUT2D eigenvalue weighted by atomic mass is 9.99. The summed E-state index contributed by atoms with van der Waals surface area (Å²) in [4.78, 5) is 37.0. The summed E-state index contributed by atoms with van der Waals surface area (Å²) >= 11 is 0. The Kier molecular flexibility index (Phi) is 42.2. The van der Waals surface area contributed by atoms with Crippen molar-refractivity contribution in [3.05, 3.63) is 24.3 Å². The third-order valence-corrected chi connectivity index (χ3v) is 12.8. The Hall–Kier alpha value is -2.31. The Morgan fingerprint density at radius 3 is 1.18 bits per heavy atom. The highest BCUT2D eigenvalue weighted by Gasteiger charge is 2.47. The van der Waals surface area contributed by atoms with Crippen molar-refractivity contribution < 1.29 is 53.8 Å². The van der Waals surface area contributed by atoms with Gasteiger partial charge in [0.2, 0.25) is 0 Å². The summed E-state index contributed by atoms with van der Waals surface area (Å²) in [5, 5.41) is 40.0. The first-order chi connectivity index (χ1) is 32.2. The second-order valence-electron chi connectivity index (χ2n) is 19.1. The molecule has 1 aliphatic heterocycles. The van der Waals surface area contributed by atoms with Crippen molar-refractivity contribution in [3.63, 3.8) is 0 Å². The quantitative estimate of drug-likeness (QED) is 0.0260. The van der Waals surface area contributed by atoms with Crippen molar-refractivity contribution in [1.29, 1.82) is 0 Å². The summed E-state index contributed by atoms with van der Waals surface area (Å²) in [5.41, 5.74) is 0. The Morgan fingerprint density at radius 2 is 0.803 bits per heavy atom. The zero-order chi connectivity index (χ0) is 48.1. The maximum absolute atomic E-state index is 12.8. The molecule has 1 rings (SSSR count). The number of rotatable bonds is 47. The van der Waals surface area contributed by atoms with Crippen molar-refractivity contribution in [2.75, 3.05) is 13.2 Å². The first-order valence-electron chi connectivity index (χ1n) is 27.4. The number of carboxylic acids is 1. The normalized spacial score (nSPS) is 19.2. The number of carbonyl (C=O) groups excluding carboxylic acids is 2. The summed E-state index contributed by atoms with van der Waals surface area (Å²) in [7, 11) is 0. The number of allylic oxidation sites excluding steroid dienone is 4. The molecule has 6 unspecified atom stereocenters. The Bertz CT molecular complexity index is 1190. The fourth-order valence-electron chi connectivity index (χ4n) is 8.46. The van der Waals surface area contributed by atoms with Crippen molar-refractivity contribution in [2.24, 2.45) is 0 Å². The van der Waals surface area contributed by atoms with Crippen LogP contribution < -0.4 is 0 Å². The van der Waals surface area contributed by atoms with Crippen molar-refractivity contribution in [1.82, 2.24) is 0 Å². The van der Waals surface area contributed by atoms with Gasteiger partial charge < -0.3 is 39.4 Å². The van der Waals surface area contributed by atoms with Crippen LogP contribution in [0.5, 0.6) is 0 Å². The van der Waals surface area contributed by atoms with E-state index in [1.54, 1.807) is 0 Å². The zero-order valence-corrected chi connectivity index (χ0v) is 42.2. The lowest BCUT2D eigenvalue weighted by Crippen LogP contribution is -2.60. The number of carbonyl (C=O) groups is 3. The number of hydrogen-bond donors (Lipinski definition) is 4. The smallest absolute Gasteiger partial charge is 0.335 e. The van der Waals surface area contributed by atoms with Crippen LogP contribution >= 0.6 is 0 Å². The van der Waals surface area contributed by atoms with Crippen LogP contribution in [0.2, 0.25) is 0 Å². The fraction of sp³-hybridized carbons (Fsp3) is 0.873. The van der Waals surface area contributed by atoms with Gasteiger partial charge in [0.1, 0.15) is 24.9 Å². The first kappa shape index (κ1) is 61.7. The molecule has 4 N–H and O–H groups in total. The monoisotopic (exact) mass is 937 g/mol. The van der Waals surface area contributed by atoms with Gasteiger partial charge in [-0.15, -0.1) is 0 Å². The molecule has 0 aromatic rings. The molecule has 66 heavy (non-hydrogen) atoms. The minimum absolute atomic E-state index is 0.183. The Morgan fingerprint density at radius 1 is 0.455 bits per heavy atom. The van der Waals surface area contributed by atoms with Crippen molar-refractivity contribution >= 4 is 17.9 Å². The molecule has 1 heterocycles. The van der Waals surface area contributed by atoms with Gasteiger partial charge in [-0.1, -0.05) is 205 Å². The lowest BCUT2D eigenvalue weighted by molar-refractivity contribution is -0.298. The van der Waals surface area contributed by atoms with Gasteiger partial charge in [0.05, 0.1) is 6.61 Å². The number of aliphatic carboxylic acids is 1. The number of unbranched alkanes of at least 4 members (excludes halogenated alkanes) is 32. The highest BCUT2D eigenvalue weighted by Crippen LogP contribution is 2.23. The molecule has 0 saturated carbocycles. The van der Waals surface area contributed by atoms with Crippen molar-refractivity contribution in [2.45, 2.75) is 295 Å². The number of hydrogen-bond acceptors (Lipinski definition) is 10. The topological polar surface area (TPSA) is 169 Å². The number of esters is 2. The number of aliphatic hydroxyl groups excluding tert-OH is 3. The minimum atomic E-state index is -1.86. The second-order valence-corrected chi connectivity index (χ2v) is 19.1. The Labute approximate surface area is 402 Å². The molecule has 0 aromatic heterocycles. The largest absolute Gasteiger partial charge is 0.479 e. The molecule has 386 valence electrons. The van der Waals surface area contributed by atoms with Crippen LogP contribution in [0.4, 0.5) is 0 Å². The van der Waals surface area contributed by atoms with Gasteiger partial charge in [-0.05, 0) is 64.2 Å². The van der Waals surface area contributed by atoms with Crippen LogP contribution in [-0.2, 0) is 33.3 Å². The molecular weight excluding hydrogens is 837 g/mol. The van der Waals surface area contributed by atoms with E-state index in [0.29, 0.717) is 12.8 Å². The molecule has 0 aliphatic carbocycles. The molecule has 0 bridgehead atoms. The van der Waals surface area contributed by atoms with Crippen molar-refractivity contribution in [3.8, 4) is 0 Å². The second kappa shape index (κ2) is 45.2. The van der Waals surface area contributed by atoms with Gasteiger partial charge in [0.25, 0.3) is 0 Å². The zero-order valence-electron chi connectivity index (χ0n) is 42.2. The van der Waals surface area contributed by atoms with E-state index in [2.05, 4.69) is 38.2 Å². The van der Waals surface area contributed by atoms with Crippen LogP contribution in [-0.4, -0.2) is 88.4 Å². The maximum Gasteiger partial charge on any atom is 0.335 e. The molecule has 0 spiro atoms. The predicted octanol–water partition coefficient (Wildman–Crippen LogP) is 13.3. The van der Waals surface area contributed by atoms with E-state index in [1.165, 1.54) is 180 Å². The van der Waals surface area contributed by atoms with Gasteiger partial charge in [0.15, 0.2) is 18.5 Å². The van der Waals surface area contributed by atoms with Crippen LogP contribution in [0, 0.1) is 0 Å². The van der Waals surface area contributed by atoms with E-state index in [9.17, 15) is 34.8 Å². The standard InChI is InChI=1S/C55H100O11/c1-3-5-7-9-11-13-15-17-19-21-23-24-26-27-29-31-33-35-37-39-41-43-48(56)63-45-47(46-64-55-52(60)50(58)51(59)53(66-55)54(61)62)65-49(57)44-42-40-38-36-34-32-30-28-25-22-20-18-16-14-12-10-8-6-4-2/h18,20-21,23,47,50-53,55,58-60H,3-17,19,22,24-46H2,1-2H3,(H,61,62)/b20-18-,23-21-. The summed E-state index contributed by atoms with van der Waals surface area (Å²) in [6.07, 6.45) is 43.7. The van der Waals surface area contributed by atoms with Crippen LogP contribution in [0.3, 0.4) is 0 Å². The third kappa shape index (κ3) is 35.8. The Balaban J connectivity index is 2.26. The van der Waals surface area contributed by atoms with Gasteiger partial charge in [-0.2, -0.15) is 0 Å². The molecular formula is C55H100O11. The van der Waals surface area contributed by atoms with Gasteiger partial charge >= 0.3 is 17.9 Å². The molecule has 0 aromatic carbocycles. The molecule has 1 aliphatic rings. The van der Waals surface area contributed by atoms with Gasteiger partial charge in [-0.25, -0.2) is 4.79 Å². The van der Waals surface area contributed by atoms with E-state index in [0.717, 1.165) is 38.5 Å². The molecule has 11 heteroatoms. The summed E-state index contributed by atoms with van der Waals surface area (Å²) in [6.45, 7) is 3.85. The van der Waals surface area contributed by atoms with Gasteiger partial charge in [-0.3, -0.25) is 9.59 Å². The predicted molar refractivity (Wildman–Crippen MR) is 266 cm³/mol. The van der Waals surface area contributed by atoms with E-state index in [-0.39, 0.29) is 26.1 Å². The van der Waals surface area contributed by atoms with E-state index < -0.39 is 54.7 Å². The number of carboxylic acid groups (broad SMARTS) is 1. The minimum Gasteiger partial charge on any atom is -0.479 e. The average Bonchev–Trinajstić information content (AvgIpc) is 3.30. The summed E-state index contributed by atoms with van der Waals surface area (Å²) < 4.78 is 21.9. The first-order valence-corrected chi connectivity index (χ1v) is 27.4. The third-order valence-electron chi connectivity index (χ3n) is 12.8. The number of ether oxygens (including phenoxy) is 4. The molecule has 6 atom stereocenters. The molecule has 1 saturated heterocycles. The van der Waals surface area contributed by atoms with E-state index in [4.69, 9.17) is 18.9 Å². The van der Waals surface area contributed by atoms with Crippen LogP contribution in [0.25, 0.3) is 0 Å². The molecule has 11 nitrogen and oxygen atoms in total. The van der Waals surface area contributed by atoms with Gasteiger partial charge in [0, 0.05) is 12.8 Å². The highest BCUT2D eigenvalue weighted by molar-refractivity contribution is 5.73. The number of aliphatic hydroxyl groups is 3. The molecule has 1 fully saturated rings. The van der Waals surface area contributed by atoms with E-state index >= 15 is 0 Å². The summed E-state index contributed by atoms with van der Waals surface area (Å²) in [6, 6.07) is 0. The van der Waals surface area contributed by atoms with Crippen LogP contribution in [0.1, 0.15) is 258 Å². The maximum atomic E-state index is 12.8. The summed E-state index contributed by atoms with van der Waals surface area (Å²) in [5.74, 6) is -2.43. The molecule has 0 amide bonds. The lowest BCUT2D eigenvalue weighted by Gasteiger charge is -2.38. The SMILES string of the molecule is CCCCCCCC/C=C\CCCCCCCCCCCC(=O)OC(COC(=O)CCCCCCCCCCC/C=C\CCCCCCCCCC)COC1OC(C(=O)O)C(O)C(O)C1O. The average molecular weight is 937 g/mol. The van der Waals surface area contributed by atoms with Crippen LogP contribution in [0.15, 0.2) is 24.3 Å². The van der Waals surface area contributed by atoms with E-state index in [1.807, 2.05) is 0 Å². The molecule has 0 radical (unpaired) electrons. The highest BCUT2D eigenvalue weighted by atomic mass is 16.7.